The highest BCUT2D eigenvalue weighted by molar-refractivity contribution is 6.64. The third-order valence-electron chi connectivity index (χ3n) is 12.6. The lowest BCUT2D eigenvalue weighted by Crippen LogP contribution is -2.41. The largest absolute Gasteiger partial charge is 0.504 e. The first-order chi connectivity index (χ1) is 38.5. The number of carbonyl (C=O) groups is 3. The number of hydrogen-bond donors (Lipinski definition) is 4. The molecule has 0 radical (unpaired) electrons. The number of rotatable bonds is 21. The molecule has 4 N–H and O–H groups in total. The first kappa shape index (κ1) is 60.8. The van der Waals surface area contributed by atoms with E-state index in [-0.39, 0.29) is 54.5 Å². The molecular formula is C59H61B2NO18. The number of aldehydes is 3. The van der Waals surface area contributed by atoms with Crippen LogP contribution in [0.15, 0.2) is 164 Å². The first-order valence-electron chi connectivity index (χ1n) is 25.0. The molecule has 0 bridgehead atoms. The van der Waals surface area contributed by atoms with Gasteiger partial charge in [-0.1, -0.05) is 127 Å². The molecule has 2 aliphatic heterocycles. The summed E-state index contributed by atoms with van der Waals surface area (Å²) >= 11 is 0. The summed E-state index contributed by atoms with van der Waals surface area (Å²) in [5.74, 6) is 0.352. The Morgan fingerprint density at radius 1 is 0.525 bits per heavy atom. The van der Waals surface area contributed by atoms with Crippen LogP contribution in [0.1, 0.15) is 87.1 Å². The highest BCUT2D eigenvalue weighted by Crippen LogP contribution is 2.38. The Balaban J connectivity index is 0.000000180. The van der Waals surface area contributed by atoms with Crippen molar-refractivity contribution >= 4 is 44.0 Å². The molecule has 80 heavy (non-hydrogen) atoms. The number of nitrogens with zero attached hydrogens (tertiary/aromatic N) is 1. The summed E-state index contributed by atoms with van der Waals surface area (Å²) in [5.41, 5.74) is 4.47. The molecule has 21 heteroatoms. The average molecular weight is 1090 g/mol. The number of phenols is 3. The van der Waals surface area contributed by atoms with Gasteiger partial charge in [0.15, 0.2) is 55.9 Å². The third kappa shape index (κ3) is 17.3. The standard InChI is InChI=1S/C21H25BO5.C16H16BNO6.C15H14O4.C7H6O3/c1-20(2)21(3,4)27-22(26-20)19-17(13-23)11-8-12-18(19)25-15-24-14-16-9-6-5-7-10-16;19-17-16-13(15(24-17)9-18(20)21)7-4-8-14(16)23-11-22-10-12-5-2-1-3-6-12;16-9-13-7-4-8-14(15(13)17)19-11-18-10-12-5-2-1-3-6-12;8-4-5-2-1-3-6(9)7(5)10/h5-13H,14-15H2,1-4H3;1-8,15,19H,9-11H2;1-9,17H,10-11H2;1-4,9-10H. The molecule has 1 atom stereocenters. The highest BCUT2D eigenvalue weighted by atomic mass is 16.7. The van der Waals surface area contributed by atoms with Gasteiger partial charge in [-0.3, -0.25) is 24.5 Å². The van der Waals surface area contributed by atoms with E-state index in [4.69, 9.17) is 52.6 Å². The zero-order valence-electron chi connectivity index (χ0n) is 44.5. The van der Waals surface area contributed by atoms with Crippen molar-refractivity contribution in [2.24, 2.45) is 0 Å². The fourth-order valence-electron chi connectivity index (χ4n) is 7.72. The number of ether oxygens (including phenoxy) is 6. The van der Waals surface area contributed by atoms with Crippen molar-refractivity contribution in [3.8, 4) is 34.5 Å². The second kappa shape index (κ2) is 30.1. The van der Waals surface area contributed by atoms with Crippen molar-refractivity contribution in [1.29, 1.82) is 0 Å². The minimum Gasteiger partial charge on any atom is -0.504 e. The predicted molar refractivity (Wildman–Crippen MR) is 296 cm³/mol. The van der Waals surface area contributed by atoms with Crippen molar-refractivity contribution in [2.45, 2.75) is 64.8 Å². The van der Waals surface area contributed by atoms with Crippen molar-refractivity contribution in [1.82, 2.24) is 0 Å². The zero-order valence-corrected chi connectivity index (χ0v) is 44.5. The maximum absolute atomic E-state index is 11.6. The molecule has 9 rings (SSSR count). The molecular weight excluding hydrogens is 1030 g/mol. The van der Waals surface area contributed by atoms with Gasteiger partial charge in [0.25, 0.3) is 0 Å². The van der Waals surface area contributed by atoms with Gasteiger partial charge in [-0.2, -0.15) is 0 Å². The van der Waals surface area contributed by atoms with Crippen LogP contribution in [0.2, 0.25) is 0 Å². The van der Waals surface area contributed by atoms with Crippen molar-refractivity contribution in [3.05, 3.63) is 213 Å². The number of hydrogen-bond acceptors (Lipinski definition) is 18. The lowest BCUT2D eigenvalue weighted by Gasteiger charge is -2.32. The summed E-state index contributed by atoms with van der Waals surface area (Å²) in [6, 6.07) is 48.5. The Labute approximate surface area is 463 Å². The summed E-state index contributed by atoms with van der Waals surface area (Å²) < 4.78 is 50.5. The molecule has 1 unspecified atom stereocenters. The Hall–Kier alpha value is -8.40. The van der Waals surface area contributed by atoms with Crippen LogP contribution in [0, 0.1) is 10.1 Å². The number of aromatic hydroxyl groups is 3. The zero-order chi connectivity index (χ0) is 57.5. The van der Waals surface area contributed by atoms with E-state index in [0.29, 0.717) is 65.9 Å². The predicted octanol–water partition coefficient (Wildman–Crippen LogP) is 8.29. The van der Waals surface area contributed by atoms with Crippen molar-refractivity contribution in [2.75, 3.05) is 26.9 Å². The molecule has 0 saturated carbocycles. The van der Waals surface area contributed by atoms with Crippen LogP contribution in [-0.2, 0) is 48.0 Å². The van der Waals surface area contributed by atoms with E-state index in [1.807, 2.05) is 119 Å². The highest BCUT2D eigenvalue weighted by Gasteiger charge is 2.53. The van der Waals surface area contributed by atoms with Gasteiger partial charge in [0.05, 0.1) is 42.1 Å². The van der Waals surface area contributed by atoms with Gasteiger partial charge < -0.3 is 62.7 Å². The summed E-state index contributed by atoms with van der Waals surface area (Å²) in [6.07, 6.45) is 1.07. The third-order valence-corrected chi connectivity index (χ3v) is 12.6. The second-order valence-electron chi connectivity index (χ2n) is 18.7. The maximum Gasteiger partial charge on any atom is 0.499 e. The van der Waals surface area contributed by atoms with Gasteiger partial charge in [-0.15, -0.1) is 0 Å². The number of fused-ring (bicyclic) bond motifs is 1. The molecule has 0 spiro atoms. The number of para-hydroxylation sites is 2. The van der Waals surface area contributed by atoms with Crippen LogP contribution in [0.4, 0.5) is 0 Å². The Morgan fingerprint density at radius 2 is 0.925 bits per heavy atom. The molecule has 2 aliphatic rings. The van der Waals surface area contributed by atoms with Crippen LogP contribution < -0.4 is 25.1 Å². The average Bonchev–Trinajstić information content (AvgIpc) is 3.89. The fraction of sp³-hybridized carbons (Fsp3) is 0.237. The number of phenolic OH excluding ortho intramolecular Hbond substituents is 3. The monoisotopic (exact) mass is 1090 g/mol. The van der Waals surface area contributed by atoms with Crippen LogP contribution in [0.5, 0.6) is 34.5 Å². The Morgan fingerprint density at radius 3 is 1.38 bits per heavy atom. The van der Waals surface area contributed by atoms with E-state index >= 15 is 0 Å². The molecule has 7 aromatic carbocycles. The normalized spacial score (nSPS) is 14.3. The van der Waals surface area contributed by atoms with E-state index in [1.54, 1.807) is 48.5 Å². The van der Waals surface area contributed by atoms with Gasteiger partial charge in [0.1, 0.15) is 23.9 Å². The van der Waals surface area contributed by atoms with Crippen molar-refractivity contribution in [3.63, 3.8) is 0 Å². The Kier molecular flexibility index (Phi) is 22.9. The topological polar surface area (TPSA) is 258 Å². The lowest BCUT2D eigenvalue weighted by atomic mass is 9.75. The van der Waals surface area contributed by atoms with Crippen molar-refractivity contribution < 1.29 is 82.0 Å². The molecule has 1 saturated heterocycles. The minimum absolute atomic E-state index is 0.00201. The molecule has 7 aromatic rings. The van der Waals surface area contributed by atoms with Crippen LogP contribution >= 0.6 is 0 Å². The van der Waals surface area contributed by atoms with E-state index in [1.165, 1.54) is 24.3 Å². The fourth-order valence-corrected chi connectivity index (χ4v) is 7.72. The molecule has 0 aromatic heterocycles. The smallest absolute Gasteiger partial charge is 0.499 e. The van der Waals surface area contributed by atoms with Gasteiger partial charge >= 0.3 is 14.2 Å². The van der Waals surface area contributed by atoms with Gasteiger partial charge in [0, 0.05) is 21.4 Å². The van der Waals surface area contributed by atoms with Gasteiger partial charge in [-0.05, 0) is 86.3 Å². The van der Waals surface area contributed by atoms with E-state index in [0.717, 1.165) is 23.0 Å². The van der Waals surface area contributed by atoms with Crippen LogP contribution in [0.25, 0.3) is 0 Å². The second-order valence-corrected chi connectivity index (χ2v) is 18.7. The van der Waals surface area contributed by atoms with Crippen LogP contribution in [-0.4, -0.2) is 96.5 Å². The molecule has 1 fully saturated rings. The summed E-state index contributed by atoms with van der Waals surface area (Å²) in [5, 5.41) is 48.1. The molecule has 0 amide bonds. The van der Waals surface area contributed by atoms with E-state index in [9.17, 15) is 34.6 Å². The maximum atomic E-state index is 11.6. The molecule has 0 aliphatic carbocycles. The number of benzene rings is 7. The quantitative estimate of drug-likeness (QED) is 0.0100. The molecule has 416 valence electrons. The number of nitro groups is 1. The Bertz CT molecular complexity index is 3080. The SMILES string of the molecule is CC1(C)OB(c2c(C=O)cccc2OCOCc2ccccc2)OC1(C)C.O=Cc1cccc(O)c1O.O=Cc1cccc(OCOCc2ccccc2)c1O.O=[N+]([O-])CC1OB(O)c2c(OCOCc3ccccc3)cccc21. The van der Waals surface area contributed by atoms with Gasteiger partial charge in [-0.25, -0.2) is 0 Å². The first-order valence-corrected chi connectivity index (χ1v) is 25.0. The molecule has 2 heterocycles. The van der Waals surface area contributed by atoms with E-state index < -0.39 is 43.0 Å². The lowest BCUT2D eigenvalue weighted by molar-refractivity contribution is -0.490. The van der Waals surface area contributed by atoms with Gasteiger partial charge in [0.2, 0.25) is 6.54 Å². The summed E-state index contributed by atoms with van der Waals surface area (Å²) in [4.78, 5) is 42.6. The minimum atomic E-state index is -1.24. The summed E-state index contributed by atoms with van der Waals surface area (Å²) in [7, 11) is -1.92. The van der Waals surface area contributed by atoms with Crippen LogP contribution in [0.3, 0.4) is 0 Å². The van der Waals surface area contributed by atoms with E-state index in [2.05, 4.69) is 0 Å². The number of carbonyl (C=O) groups excluding carboxylic acids is 3. The molecule has 19 nitrogen and oxygen atoms in total. The summed E-state index contributed by atoms with van der Waals surface area (Å²) in [6.45, 7) is 8.82.